The average molecular weight is 359 g/mol. The van der Waals surface area contributed by atoms with Gasteiger partial charge in [-0.2, -0.15) is 4.31 Å². The number of hydrogen-bond acceptors (Lipinski definition) is 4. The van der Waals surface area contributed by atoms with E-state index in [1.54, 1.807) is 4.31 Å². The second-order valence-corrected chi connectivity index (χ2v) is 8.27. The van der Waals surface area contributed by atoms with Crippen LogP contribution in [0, 0.1) is 0 Å². The fraction of sp³-hybridized carbons (Fsp3) is 0.412. The lowest BCUT2D eigenvalue weighted by Crippen LogP contribution is -2.38. The Bertz CT molecular complexity index is 950. The van der Waals surface area contributed by atoms with Crippen LogP contribution in [0.2, 0.25) is 0 Å². The van der Waals surface area contributed by atoms with Crippen LogP contribution in [0.1, 0.15) is 37.3 Å². The van der Waals surface area contributed by atoms with Gasteiger partial charge in [0.1, 0.15) is 11.6 Å². The van der Waals surface area contributed by atoms with E-state index in [0.29, 0.717) is 25.3 Å². The van der Waals surface area contributed by atoms with Gasteiger partial charge in [-0.15, -0.1) is 0 Å². The molecule has 1 aliphatic rings. The van der Waals surface area contributed by atoms with Crippen LogP contribution in [0.5, 0.6) is 0 Å². The van der Waals surface area contributed by atoms with E-state index in [9.17, 15) is 8.42 Å². The van der Waals surface area contributed by atoms with E-state index < -0.39 is 10.0 Å². The maximum absolute atomic E-state index is 12.7. The van der Waals surface area contributed by atoms with E-state index >= 15 is 0 Å². The van der Waals surface area contributed by atoms with Gasteiger partial charge in [0.15, 0.2) is 5.03 Å². The molecular weight excluding hydrogens is 338 g/mol. The molecule has 0 atom stereocenters. The standard InChI is InChI=1S/C17H21N5O2S/c1-2-15-18-11-16(21-15)25(23,24)22-9-7-12(8-10-22)17-19-13-5-3-4-6-14(13)20-17/h3-6,11-12H,2,7-10H2,1H3,(H,18,21)(H,19,20). The van der Waals surface area contributed by atoms with Gasteiger partial charge in [-0.3, -0.25) is 0 Å². The third kappa shape index (κ3) is 2.96. The van der Waals surface area contributed by atoms with Crippen LogP contribution >= 0.6 is 0 Å². The summed E-state index contributed by atoms with van der Waals surface area (Å²) in [5.74, 6) is 1.90. The molecule has 1 aromatic carbocycles. The van der Waals surface area contributed by atoms with Gasteiger partial charge in [-0.1, -0.05) is 19.1 Å². The summed E-state index contributed by atoms with van der Waals surface area (Å²) in [6.45, 7) is 2.92. The Morgan fingerprint density at radius 2 is 1.96 bits per heavy atom. The van der Waals surface area contributed by atoms with Crippen molar-refractivity contribution in [2.45, 2.75) is 37.1 Å². The summed E-state index contributed by atoms with van der Waals surface area (Å²) in [4.78, 5) is 15.0. The van der Waals surface area contributed by atoms with E-state index in [2.05, 4.69) is 19.9 Å². The predicted molar refractivity (Wildman–Crippen MR) is 94.8 cm³/mol. The molecule has 1 fully saturated rings. The first kappa shape index (κ1) is 16.3. The second kappa shape index (κ2) is 6.27. The number of para-hydroxylation sites is 2. The molecule has 1 saturated heterocycles. The van der Waals surface area contributed by atoms with Crippen LogP contribution in [-0.4, -0.2) is 45.7 Å². The first-order chi connectivity index (χ1) is 12.1. The summed E-state index contributed by atoms with van der Waals surface area (Å²) in [6.07, 6.45) is 3.62. The zero-order chi connectivity index (χ0) is 17.4. The van der Waals surface area contributed by atoms with E-state index in [4.69, 9.17) is 0 Å². The summed E-state index contributed by atoms with van der Waals surface area (Å²) in [5.41, 5.74) is 1.98. The molecule has 132 valence electrons. The molecule has 0 spiro atoms. The molecular formula is C17H21N5O2S. The lowest BCUT2D eigenvalue weighted by Gasteiger charge is -2.29. The normalized spacial score (nSPS) is 17.3. The molecule has 0 radical (unpaired) electrons. The number of benzene rings is 1. The van der Waals surface area contributed by atoms with Crippen LogP contribution in [0.15, 0.2) is 35.5 Å². The Morgan fingerprint density at radius 3 is 2.64 bits per heavy atom. The number of fused-ring (bicyclic) bond motifs is 1. The minimum atomic E-state index is -3.50. The van der Waals surface area contributed by atoms with E-state index in [0.717, 1.165) is 29.7 Å². The number of nitrogens with one attached hydrogen (secondary N) is 2. The molecule has 3 heterocycles. The summed E-state index contributed by atoms with van der Waals surface area (Å²) >= 11 is 0. The van der Waals surface area contributed by atoms with Crippen molar-refractivity contribution in [3.63, 3.8) is 0 Å². The highest BCUT2D eigenvalue weighted by molar-refractivity contribution is 7.89. The van der Waals surface area contributed by atoms with Crippen LogP contribution in [0.4, 0.5) is 0 Å². The molecule has 3 aromatic rings. The number of sulfonamides is 1. The van der Waals surface area contributed by atoms with Crippen molar-refractivity contribution < 1.29 is 8.42 Å². The number of nitrogens with zero attached hydrogens (tertiary/aromatic N) is 3. The molecule has 0 aliphatic carbocycles. The maximum Gasteiger partial charge on any atom is 0.260 e. The minimum absolute atomic E-state index is 0.187. The SMILES string of the molecule is CCc1ncc(S(=O)(=O)N2CCC(c3nc4ccccc4[nH]3)CC2)[nH]1. The van der Waals surface area contributed by atoms with Gasteiger partial charge in [0.25, 0.3) is 10.0 Å². The Kier molecular flexibility index (Phi) is 4.09. The highest BCUT2D eigenvalue weighted by atomic mass is 32.2. The van der Waals surface area contributed by atoms with Crippen LogP contribution in [-0.2, 0) is 16.4 Å². The zero-order valence-corrected chi connectivity index (χ0v) is 14.9. The molecule has 2 aromatic heterocycles. The molecule has 0 amide bonds. The van der Waals surface area contributed by atoms with Crippen molar-refractivity contribution >= 4 is 21.1 Å². The van der Waals surface area contributed by atoms with Crippen molar-refractivity contribution in [2.75, 3.05) is 13.1 Å². The quantitative estimate of drug-likeness (QED) is 0.748. The number of H-pyrrole nitrogens is 2. The first-order valence-electron chi connectivity index (χ1n) is 8.56. The van der Waals surface area contributed by atoms with Gasteiger partial charge in [0, 0.05) is 25.4 Å². The Balaban J connectivity index is 1.49. The summed E-state index contributed by atoms with van der Waals surface area (Å²) in [6, 6.07) is 7.94. The monoisotopic (exact) mass is 359 g/mol. The number of hydrogen-bond donors (Lipinski definition) is 2. The van der Waals surface area contributed by atoms with Crippen molar-refractivity contribution in [3.05, 3.63) is 42.1 Å². The highest BCUT2D eigenvalue weighted by Gasteiger charge is 2.32. The smallest absolute Gasteiger partial charge is 0.260 e. The van der Waals surface area contributed by atoms with Crippen LogP contribution in [0.3, 0.4) is 0 Å². The van der Waals surface area contributed by atoms with Gasteiger partial charge in [0.05, 0.1) is 17.2 Å². The minimum Gasteiger partial charge on any atom is -0.342 e. The predicted octanol–water partition coefficient (Wildman–Crippen LogP) is 2.42. The summed E-state index contributed by atoms with van der Waals surface area (Å²) in [7, 11) is -3.50. The molecule has 0 unspecified atom stereocenters. The lowest BCUT2D eigenvalue weighted by molar-refractivity contribution is 0.313. The van der Waals surface area contributed by atoms with Gasteiger partial charge in [-0.05, 0) is 25.0 Å². The molecule has 4 rings (SSSR count). The largest absolute Gasteiger partial charge is 0.342 e. The molecule has 8 heteroatoms. The van der Waals surface area contributed by atoms with E-state index in [-0.39, 0.29) is 10.9 Å². The number of piperidine rings is 1. The van der Waals surface area contributed by atoms with Gasteiger partial charge < -0.3 is 9.97 Å². The number of imidazole rings is 2. The lowest BCUT2D eigenvalue weighted by atomic mass is 9.97. The third-order valence-electron chi connectivity index (χ3n) is 4.81. The second-order valence-electron chi connectivity index (χ2n) is 6.37. The zero-order valence-electron chi connectivity index (χ0n) is 14.1. The summed E-state index contributed by atoms with van der Waals surface area (Å²) in [5, 5.41) is 0.187. The van der Waals surface area contributed by atoms with Crippen LogP contribution < -0.4 is 0 Å². The highest BCUT2D eigenvalue weighted by Crippen LogP contribution is 2.30. The van der Waals surface area contributed by atoms with Gasteiger partial charge >= 0.3 is 0 Å². The molecule has 25 heavy (non-hydrogen) atoms. The van der Waals surface area contributed by atoms with E-state index in [1.165, 1.54) is 6.20 Å². The van der Waals surface area contributed by atoms with Crippen molar-refractivity contribution in [1.29, 1.82) is 0 Å². The van der Waals surface area contributed by atoms with Crippen molar-refractivity contribution in [2.24, 2.45) is 0 Å². The maximum atomic E-state index is 12.7. The number of aromatic nitrogens is 4. The average Bonchev–Trinajstić information content (AvgIpc) is 3.29. The Morgan fingerprint density at radius 1 is 1.20 bits per heavy atom. The van der Waals surface area contributed by atoms with Crippen LogP contribution in [0.25, 0.3) is 11.0 Å². The summed E-state index contributed by atoms with van der Waals surface area (Å²) < 4.78 is 27.0. The third-order valence-corrected chi connectivity index (χ3v) is 6.61. The molecule has 7 nitrogen and oxygen atoms in total. The van der Waals surface area contributed by atoms with Gasteiger partial charge in [0.2, 0.25) is 0 Å². The van der Waals surface area contributed by atoms with Crippen molar-refractivity contribution in [1.82, 2.24) is 24.2 Å². The van der Waals surface area contributed by atoms with Crippen molar-refractivity contribution in [3.8, 4) is 0 Å². The van der Waals surface area contributed by atoms with E-state index in [1.807, 2.05) is 31.2 Å². The van der Waals surface area contributed by atoms with Gasteiger partial charge in [-0.25, -0.2) is 18.4 Å². The molecule has 0 bridgehead atoms. The topological polar surface area (TPSA) is 94.7 Å². The first-order valence-corrected chi connectivity index (χ1v) is 10.0. The molecule has 1 aliphatic heterocycles. The number of aromatic amines is 2. The fourth-order valence-electron chi connectivity index (χ4n) is 3.33. The molecule has 2 N–H and O–H groups in total. The fourth-order valence-corrected chi connectivity index (χ4v) is 4.73. The Labute approximate surface area is 146 Å². The Hall–Kier alpha value is -2.19. The number of rotatable bonds is 4. The molecule has 0 saturated carbocycles. The number of aryl methyl sites for hydroxylation is 1.